The summed E-state index contributed by atoms with van der Waals surface area (Å²) in [5, 5.41) is 3.21. The van der Waals surface area contributed by atoms with Gasteiger partial charge in [-0.1, -0.05) is 24.4 Å². The Morgan fingerprint density at radius 1 is 1.35 bits per heavy atom. The molecule has 2 aliphatic rings. The molecule has 0 atom stereocenters. The molecule has 0 aromatic carbocycles. The van der Waals surface area contributed by atoms with Crippen LogP contribution in [0.25, 0.3) is 0 Å². The lowest BCUT2D eigenvalue weighted by molar-refractivity contribution is -0.122. The van der Waals surface area contributed by atoms with Crippen molar-refractivity contribution < 1.29 is 4.79 Å². The first-order valence-electron chi connectivity index (χ1n) is 7.20. The van der Waals surface area contributed by atoms with Crippen LogP contribution in [0.3, 0.4) is 0 Å². The summed E-state index contributed by atoms with van der Waals surface area (Å²) in [5.74, 6) is 0.828. The van der Waals surface area contributed by atoms with E-state index in [2.05, 4.69) is 10.3 Å². The van der Waals surface area contributed by atoms with Gasteiger partial charge in [-0.25, -0.2) is 4.98 Å². The molecule has 0 saturated heterocycles. The number of aromatic nitrogens is 2. The van der Waals surface area contributed by atoms with E-state index in [1.165, 1.54) is 23.5 Å². The zero-order valence-corrected chi connectivity index (χ0v) is 12.0. The third kappa shape index (κ3) is 3.03. The van der Waals surface area contributed by atoms with Crippen molar-refractivity contribution >= 4 is 17.5 Å². The Kier molecular flexibility index (Phi) is 3.78. The van der Waals surface area contributed by atoms with E-state index in [9.17, 15) is 9.59 Å². The lowest BCUT2D eigenvalue weighted by atomic mass is 10.2. The standard InChI is InChI=1S/C14H18ClN3O2/c15-11-7-13(20)18(14(17-11)9-5-6-9)8-12(19)16-10-3-1-2-4-10/h7,9-10H,1-6,8H2,(H,16,19). The zero-order chi connectivity index (χ0) is 14.1. The average Bonchev–Trinajstić information content (AvgIpc) is 3.11. The van der Waals surface area contributed by atoms with Gasteiger partial charge in [-0.3, -0.25) is 14.2 Å². The summed E-state index contributed by atoms with van der Waals surface area (Å²) in [5.41, 5.74) is -0.242. The number of hydrogen-bond acceptors (Lipinski definition) is 3. The third-order valence-corrected chi connectivity index (χ3v) is 4.16. The quantitative estimate of drug-likeness (QED) is 0.862. The van der Waals surface area contributed by atoms with Crippen molar-refractivity contribution in [3.63, 3.8) is 0 Å². The van der Waals surface area contributed by atoms with Gasteiger partial charge in [-0.15, -0.1) is 0 Å². The van der Waals surface area contributed by atoms with E-state index in [1.54, 1.807) is 0 Å². The van der Waals surface area contributed by atoms with E-state index in [1.807, 2.05) is 0 Å². The molecule has 1 aromatic heterocycles. The normalized spacial score (nSPS) is 19.2. The van der Waals surface area contributed by atoms with Crippen molar-refractivity contribution in [2.24, 2.45) is 0 Å². The maximum absolute atomic E-state index is 12.1. The van der Waals surface area contributed by atoms with Crippen molar-refractivity contribution in [1.82, 2.24) is 14.9 Å². The van der Waals surface area contributed by atoms with Gasteiger partial charge in [0.25, 0.3) is 5.56 Å². The Balaban J connectivity index is 1.75. The maximum Gasteiger partial charge on any atom is 0.255 e. The average molecular weight is 296 g/mol. The Bertz CT molecular complexity index is 574. The van der Waals surface area contributed by atoms with Gasteiger partial charge in [0.2, 0.25) is 5.91 Å². The minimum Gasteiger partial charge on any atom is -0.352 e. The number of amides is 1. The minimum atomic E-state index is -0.242. The number of halogens is 1. The van der Waals surface area contributed by atoms with E-state index < -0.39 is 0 Å². The molecule has 6 heteroatoms. The highest BCUT2D eigenvalue weighted by Crippen LogP contribution is 2.38. The second-order valence-corrected chi connectivity index (χ2v) is 6.07. The maximum atomic E-state index is 12.1. The Morgan fingerprint density at radius 2 is 2.05 bits per heavy atom. The smallest absolute Gasteiger partial charge is 0.255 e. The minimum absolute atomic E-state index is 0.0470. The zero-order valence-electron chi connectivity index (χ0n) is 11.3. The molecule has 1 aromatic rings. The molecule has 2 saturated carbocycles. The lowest BCUT2D eigenvalue weighted by Crippen LogP contribution is -2.38. The van der Waals surface area contributed by atoms with Gasteiger partial charge < -0.3 is 5.32 Å². The van der Waals surface area contributed by atoms with Crippen LogP contribution in [0.5, 0.6) is 0 Å². The van der Waals surface area contributed by atoms with Crippen LogP contribution in [0.1, 0.15) is 50.3 Å². The highest BCUT2D eigenvalue weighted by atomic mass is 35.5. The summed E-state index contributed by atoms with van der Waals surface area (Å²) in [6.45, 7) is 0.0470. The predicted molar refractivity (Wildman–Crippen MR) is 75.9 cm³/mol. The molecule has 108 valence electrons. The van der Waals surface area contributed by atoms with Gasteiger partial charge >= 0.3 is 0 Å². The van der Waals surface area contributed by atoms with Crippen LogP contribution in [0, 0.1) is 0 Å². The lowest BCUT2D eigenvalue weighted by Gasteiger charge is -2.15. The predicted octanol–water partition coefficient (Wildman–Crippen LogP) is 1.83. The van der Waals surface area contributed by atoms with Gasteiger partial charge in [0.15, 0.2) is 0 Å². The van der Waals surface area contributed by atoms with Crippen LogP contribution >= 0.6 is 11.6 Å². The summed E-state index contributed by atoms with van der Waals surface area (Å²) in [4.78, 5) is 28.3. The topological polar surface area (TPSA) is 64.0 Å². The molecule has 5 nitrogen and oxygen atoms in total. The molecule has 0 spiro atoms. The molecule has 3 rings (SSSR count). The van der Waals surface area contributed by atoms with Gasteiger partial charge in [-0.2, -0.15) is 0 Å². The molecule has 2 fully saturated rings. The first-order chi connectivity index (χ1) is 9.63. The van der Waals surface area contributed by atoms with Crippen LogP contribution in [0.2, 0.25) is 5.15 Å². The molecule has 20 heavy (non-hydrogen) atoms. The number of hydrogen-bond donors (Lipinski definition) is 1. The first-order valence-corrected chi connectivity index (χ1v) is 7.58. The molecule has 0 unspecified atom stereocenters. The highest BCUT2D eigenvalue weighted by molar-refractivity contribution is 6.29. The van der Waals surface area contributed by atoms with E-state index in [4.69, 9.17) is 11.6 Å². The van der Waals surface area contributed by atoms with Gasteiger partial charge in [-0.05, 0) is 25.7 Å². The number of nitrogens with zero attached hydrogens (tertiary/aromatic N) is 2. The molecular formula is C14H18ClN3O2. The second-order valence-electron chi connectivity index (χ2n) is 5.68. The summed E-state index contributed by atoms with van der Waals surface area (Å²) < 4.78 is 1.47. The third-order valence-electron chi connectivity index (χ3n) is 3.97. The largest absolute Gasteiger partial charge is 0.352 e. The van der Waals surface area contributed by atoms with Crippen molar-refractivity contribution in [2.75, 3.05) is 0 Å². The first kappa shape index (κ1) is 13.6. The van der Waals surface area contributed by atoms with Gasteiger partial charge in [0.1, 0.15) is 17.5 Å². The fourth-order valence-electron chi connectivity index (χ4n) is 2.79. The monoisotopic (exact) mass is 295 g/mol. The SMILES string of the molecule is O=C(Cn1c(C2CC2)nc(Cl)cc1=O)NC1CCCC1. The summed E-state index contributed by atoms with van der Waals surface area (Å²) in [7, 11) is 0. The molecule has 0 bridgehead atoms. The number of nitrogens with one attached hydrogen (secondary N) is 1. The van der Waals surface area contributed by atoms with E-state index >= 15 is 0 Å². The molecule has 1 heterocycles. The molecular weight excluding hydrogens is 278 g/mol. The highest BCUT2D eigenvalue weighted by Gasteiger charge is 2.29. The van der Waals surface area contributed by atoms with Crippen molar-refractivity contribution in [3.05, 3.63) is 27.4 Å². The van der Waals surface area contributed by atoms with Gasteiger partial charge in [0, 0.05) is 18.0 Å². The molecule has 1 N–H and O–H groups in total. The van der Waals surface area contributed by atoms with Crippen molar-refractivity contribution in [3.8, 4) is 0 Å². The molecule has 1 amide bonds. The second kappa shape index (κ2) is 5.56. The fraction of sp³-hybridized carbons (Fsp3) is 0.643. The van der Waals surface area contributed by atoms with Crippen LogP contribution in [-0.4, -0.2) is 21.5 Å². The Hall–Kier alpha value is -1.36. The van der Waals surface area contributed by atoms with Crippen LogP contribution < -0.4 is 10.9 Å². The van der Waals surface area contributed by atoms with Crippen LogP contribution in [-0.2, 0) is 11.3 Å². The summed E-state index contributed by atoms with van der Waals surface area (Å²) in [6, 6.07) is 1.54. The van der Waals surface area contributed by atoms with E-state index in [0.29, 0.717) is 5.82 Å². The van der Waals surface area contributed by atoms with Crippen molar-refractivity contribution in [2.45, 2.75) is 57.0 Å². The number of carbonyl (C=O) groups is 1. The van der Waals surface area contributed by atoms with Gasteiger partial charge in [0.05, 0.1) is 0 Å². The van der Waals surface area contributed by atoms with Crippen LogP contribution in [0.4, 0.5) is 0 Å². The Labute approximate surface area is 122 Å². The fourth-order valence-corrected chi connectivity index (χ4v) is 2.97. The molecule has 2 aliphatic carbocycles. The number of carbonyl (C=O) groups excluding carboxylic acids is 1. The molecule has 0 radical (unpaired) electrons. The summed E-state index contributed by atoms with van der Waals surface area (Å²) >= 11 is 5.84. The summed E-state index contributed by atoms with van der Waals surface area (Å²) in [6.07, 6.45) is 6.43. The molecule has 0 aliphatic heterocycles. The van der Waals surface area contributed by atoms with E-state index in [0.717, 1.165) is 25.7 Å². The van der Waals surface area contributed by atoms with E-state index in [-0.39, 0.29) is 35.1 Å². The Morgan fingerprint density at radius 3 is 2.70 bits per heavy atom. The van der Waals surface area contributed by atoms with Crippen LogP contribution in [0.15, 0.2) is 10.9 Å². The van der Waals surface area contributed by atoms with Crippen molar-refractivity contribution in [1.29, 1.82) is 0 Å². The number of rotatable bonds is 4.